The van der Waals surface area contributed by atoms with Gasteiger partial charge < -0.3 is 5.11 Å². The second-order valence-electron chi connectivity index (χ2n) is 3.88. The van der Waals surface area contributed by atoms with Crippen LogP contribution in [0.25, 0.3) is 0 Å². The maximum absolute atomic E-state index is 10.8. The summed E-state index contributed by atoms with van der Waals surface area (Å²) in [5, 5.41) is 21.1. The van der Waals surface area contributed by atoms with Crippen LogP contribution in [0.2, 0.25) is 10.0 Å². The van der Waals surface area contributed by atoms with E-state index in [0.29, 0.717) is 10.0 Å². The number of rotatable bonds is 4. The lowest BCUT2D eigenvalue weighted by atomic mass is 10.2. The van der Waals surface area contributed by atoms with E-state index in [1.807, 2.05) is 0 Å². The first-order valence-electron chi connectivity index (χ1n) is 5.52. The molecule has 4 nitrogen and oxygen atoms in total. The molecule has 2 aromatic rings. The van der Waals surface area contributed by atoms with Crippen LogP contribution in [0.4, 0.5) is 5.69 Å². The van der Waals surface area contributed by atoms with Crippen molar-refractivity contribution in [1.29, 1.82) is 0 Å². The van der Waals surface area contributed by atoms with Crippen molar-refractivity contribution >= 4 is 40.7 Å². The molecule has 0 heterocycles. The van der Waals surface area contributed by atoms with Gasteiger partial charge >= 0.3 is 0 Å². The smallest absolute Gasteiger partial charge is 0.274 e. The normalized spacial score (nSPS) is 10.6. The fourth-order valence-corrected chi connectivity index (χ4v) is 3.03. The fourth-order valence-electron chi connectivity index (χ4n) is 1.61. The molecule has 104 valence electrons. The van der Waals surface area contributed by atoms with Crippen LogP contribution in [0.15, 0.2) is 46.2 Å². The number of aliphatic hydroxyl groups excluding tert-OH is 1. The van der Waals surface area contributed by atoms with Gasteiger partial charge in [0.2, 0.25) is 0 Å². The molecular formula is C13H9Cl2NO3S. The molecule has 0 fully saturated rings. The lowest BCUT2D eigenvalue weighted by Crippen LogP contribution is -1.95. The van der Waals surface area contributed by atoms with Crippen LogP contribution in [-0.2, 0) is 6.61 Å². The van der Waals surface area contributed by atoms with Crippen molar-refractivity contribution in [3.63, 3.8) is 0 Å². The van der Waals surface area contributed by atoms with Crippen LogP contribution < -0.4 is 0 Å². The number of nitro groups is 1. The maximum atomic E-state index is 10.8. The zero-order chi connectivity index (χ0) is 14.7. The van der Waals surface area contributed by atoms with Gasteiger partial charge in [-0.25, -0.2) is 0 Å². The van der Waals surface area contributed by atoms with Crippen molar-refractivity contribution in [1.82, 2.24) is 0 Å². The Morgan fingerprint density at radius 1 is 1.20 bits per heavy atom. The Hall–Kier alpha value is -1.27. The fraction of sp³-hybridized carbons (Fsp3) is 0.0769. The van der Waals surface area contributed by atoms with Crippen LogP contribution in [0.1, 0.15) is 5.56 Å². The number of aliphatic hydroxyl groups is 1. The number of nitro benzene ring substituents is 1. The van der Waals surface area contributed by atoms with E-state index in [1.165, 1.54) is 17.8 Å². The quantitative estimate of drug-likeness (QED) is 0.660. The van der Waals surface area contributed by atoms with Gasteiger partial charge in [-0.1, -0.05) is 35.0 Å². The zero-order valence-electron chi connectivity index (χ0n) is 10.0. The summed E-state index contributed by atoms with van der Waals surface area (Å²) < 4.78 is 0. The largest absolute Gasteiger partial charge is 0.391 e. The van der Waals surface area contributed by atoms with Crippen molar-refractivity contribution in [3.05, 3.63) is 62.1 Å². The van der Waals surface area contributed by atoms with Crippen LogP contribution in [0, 0.1) is 10.1 Å². The van der Waals surface area contributed by atoms with E-state index in [-0.39, 0.29) is 11.3 Å². The van der Waals surface area contributed by atoms with Gasteiger partial charge in [0.15, 0.2) is 0 Å². The van der Waals surface area contributed by atoms with Gasteiger partial charge in [0.25, 0.3) is 5.69 Å². The Morgan fingerprint density at radius 2 is 1.95 bits per heavy atom. The first kappa shape index (κ1) is 15.1. The van der Waals surface area contributed by atoms with Crippen molar-refractivity contribution in [2.75, 3.05) is 0 Å². The van der Waals surface area contributed by atoms with Gasteiger partial charge in [-0.2, -0.15) is 0 Å². The van der Waals surface area contributed by atoms with Gasteiger partial charge in [0, 0.05) is 20.9 Å². The van der Waals surface area contributed by atoms with Crippen molar-refractivity contribution in [3.8, 4) is 0 Å². The molecule has 0 spiro atoms. The average Bonchev–Trinajstić information content (AvgIpc) is 2.42. The molecule has 20 heavy (non-hydrogen) atoms. The number of hydrogen-bond donors (Lipinski definition) is 1. The van der Waals surface area contributed by atoms with E-state index in [9.17, 15) is 15.2 Å². The molecule has 0 atom stereocenters. The zero-order valence-corrected chi connectivity index (χ0v) is 12.4. The molecule has 0 aliphatic heterocycles. The molecule has 0 aliphatic carbocycles. The summed E-state index contributed by atoms with van der Waals surface area (Å²) in [6.07, 6.45) is 0. The lowest BCUT2D eigenvalue weighted by Gasteiger charge is -2.06. The monoisotopic (exact) mass is 329 g/mol. The van der Waals surface area contributed by atoms with Crippen LogP contribution >= 0.6 is 35.0 Å². The first-order chi connectivity index (χ1) is 9.51. The average molecular weight is 330 g/mol. The second kappa shape index (κ2) is 6.45. The minimum atomic E-state index is -0.521. The molecule has 0 amide bonds. The summed E-state index contributed by atoms with van der Waals surface area (Å²) in [7, 11) is 0. The highest BCUT2D eigenvalue weighted by atomic mass is 35.5. The lowest BCUT2D eigenvalue weighted by molar-refractivity contribution is -0.385. The van der Waals surface area contributed by atoms with Crippen molar-refractivity contribution in [2.24, 2.45) is 0 Å². The SMILES string of the molecule is O=[N+]([O-])c1ccc(Sc2cc(Cl)ccc2Cl)cc1CO. The van der Waals surface area contributed by atoms with Crippen molar-refractivity contribution < 1.29 is 10.0 Å². The minimum absolute atomic E-state index is 0.103. The van der Waals surface area contributed by atoms with Crippen molar-refractivity contribution in [2.45, 2.75) is 16.4 Å². The predicted octanol–water partition coefficient (Wildman–Crippen LogP) is 4.55. The van der Waals surface area contributed by atoms with Crippen LogP contribution in [0.5, 0.6) is 0 Å². The van der Waals surface area contributed by atoms with Gasteiger partial charge in [-0.15, -0.1) is 0 Å². The second-order valence-corrected chi connectivity index (χ2v) is 5.84. The standard InChI is InChI=1S/C13H9Cl2NO3S/c14-9-1-3-11(15)13(6-9)20-10-2-4-12(16(18)19)8(5-10)7-17/h1-6,17H,7H2. The number of nitrogens with zero attached hydrogens (tertiary/aromatic N) is 1. The topological polar surface area (TPSA) is 63.4 Å². The number of halogens is 2. The maximum Gasteiger partial charge on any atom is 0.274 e. The molecule has 0 saturated carbocycles. The summed E-state index contributed by atoms with van der Waals surface area (Å²) in [6, 6.07) is 9.63. The Bertz CT molecular complexity index is 664. The molecule has 2 rings (SSSR count). The van der Waals surface area contributed by atoms with Gasteiger partial charge in [-0.3, -0.25) is 10.1 Å². The predicted molar refractivity (Wildman–Crippen MR) is 79.6 cm³/mol. The Morgan fingerprint density at radius 3 is 2.60 bits per heavy atom. The van der Waals surface area contributed by atoms with E-state index >= 15 is 0 Å². The van der Waals surface area contributed by atoms with E-state index in [2.05, 4.69) is 0 Å². The molecule has 0 aromatic heterocycles. The van der Waals surface area contributed by atoms with Crippen LogP contribution in [0.3, 0.4) is 0 Å². The molecule has 0 bridgehead atoms. The van der Waals surface area contributed by atoms with Gasteiger partial charge in [-0.05, 0) is 30.3 Å². The first-order valence-corrected chi connectivity index (χ1v) is 7.09. The Balaban J connectivity index is 2.34. The molecule has 1 N–H and O–H groups in total. The summed E-state index contributed by atoms with van der Waals surface area (Å²) in [5.74, 6) is 0. The third kappa shape index (κ3) is 3.43. The highest BCUT2D eigenvalue weighted by molar-refractivity contribution is 7.99. The molecule has 2 aromatic carbocycles. The number of hydrogen-bond acceptors (Lipinski definition) is 4. The highest BCUT2D eigenvalue weighted by Crippen LogP contribution is 2.36. The molecule has 0 aliphatic rings. The third-order valence-corrected chi connectivity index (χ3v) is 4.26. The van der Waals surface area contributed by atoms with E-state index < -0.39 is 11.5 Å². The number of benzene rings is 2. The summed E-state index contributed by atoms with van der Waals surface area (Å²) in [5.41, 5.74) is 0.159. The molecule has 0 unspecified atom stereocenters. The summed E-state index contributed by atoms with van der Waals surface area (Å²) in [6.45, 7) is -0.395. The molecule has 0 radical (unpaired) electrons. The minimum Gasteiger partial charge on any atom is -0.391 e. The van der Waals surface area contributed by atoms with Gasteiger partial charge in [0.05, 0.1) is 22.1 Å². The van der Waals surface area contributed by atoms with E-state index in [1.54, 1.807) is 30.3 Å². The van der Waals surface area contributed by atoms with E-state index in [0.717, 1.165) is 9.79 Å². The Kier molecular flexibility index (Phi) is 4.88. The summed E-state index contributed by atoms with van der Waals surface area (Å²) in [4.78, 5) is 11.8. The highest BCUT2D eigenvalue weighted by Gasteiger charge is 2.14. The molecule has 0 saturated heterocycles. The van der Waals surface area contributed by atoms with Gasteiger partial charge in [0.1, 0.15) is 0 Å². The Labute approximate surface area is 129 Å². The molecule has 7 heteroatoms. The van der Waals surface area contributed by atoms with Crippen LogP contribution in [-0.4, -0.2) is 10.0 Å². The third-order valence-electron chi connectivity index (χ3n) is 2.54. The summed E-state index contributed by atoms with van der Waals surface area (Å²) >= 11 is 13.3. The van der Waals surface area contributed by atoms with E-state index in [4.69, 9.17) is 23.2 Å². The molecular weight excluding hydrogens is 321 g/mol.